The summed E-state index contributed by atoms with van der Waals surface area (Å²) in [5.41, 5.74) is 6.84. The molecular weight excluding hydrogens is 424 g/mol. The molecule has 1 heteroatoms. The Bertz CT molecular complexity index is 1730. The predicted molar refractivity (Wildman–Crippen MR) is 145 cm³/mol. The number of fused-ring (bicyclic) bond motifs is 3. The van der Waals surface area contributed by atoms with Gasteiger partial charge in [0, 0.05) is 33.4 Å². The van der Waals surface area contributed by atoms with Crippen molar-refractivity contribution in [3.05, 3.63) is 126 Å². The fourth-order valence-corrected chi connectivity index (χ4v) is 5.27. The first-order valence-electron chi connectivity index (χ1n) is 12.1. The maximum absolute atomic E-state index is 6.76. The van der Waals surface area contributed by atoms with Gasteiger partial charge in [0.05, 0.1) is 0 Å². The van der Waals surface area contributed by atoms with E-state index in [1.165, 1.54) is 32.7 Å². The van der Waals surface area contributed by atoms with Crippen molar-refractivity contribution in [3.63, 3.8) is 0 Å². The van der Waals surface area contributed by atoms with E-state index in [2.05, 4.69) is 109 Å². The number of benzene rings is 4. The SMILES string of the molecule is c1cccc(-c2ccccc2-c2oc(-c3ccc4cc5ccccc5cc4c3)c3c2CCC=C3)c#1. The topological polar surface area (TPSA) is 13.1 Å². The standard InChI is InChI=1S/C34H22O/c1-2-10-23(11-3-1)29-14-6-7-15-30(29)34-32-17-9-8-16-31(32)33(35-34)27-19-18-26-20-24-12-4-5-13-25(24)21-28(26)22-27/h1-2,4-8,10,12-16,18-22H,9,17H2. The van der Waals surface area contributed by atoms with Crippen molar-refractivity contribution in [1.29, 1.82) is 0 Å². The first-order valence-corrected chi connectivity index (χ1v) is 12.1. The van der Waals surface area contributed by atoms with Gasteiger partial charge < -0.3 is 4.42 Å². The lowest BCUT2D eigenvalue weighted by atomic mass is 9.91. The highest BCUT2D eigenvalue weighted by atomic mass is 16.3. The summed E-state index contributed by atoms with van der Waals surface area (Å²) in [6.07, 6.45) is 6.49. The Morgan fingerprint density at radius 3 is 2.26 bits per heavy atom. The van der Waals surface area contributed by atoms with Crippen LogP contribution in [0.25, 0.3) is 61.4 Å². The Hall–Kier alpha value is -4.54. The van der Waals surface area contributed by atoms with Crippen molar-refractivity contribution < 1.29 is 4.42 Å². The van der Waals surface area contributed by atoms with Gasteiger partial charge in [-0.1, -0.05) is 91.0 Å². The van der Waals surface area contributed by atoms with Crippen molar-refractivity contribution in [2.24, 2.45) is 0 Å². The highest BCUT2D eigenvalue weighted by molar-refractivity contribution is 6.00. The van der Waals surface area contributed by atoms with Gasteiger partial charge >= 0.3 is 0 Å². The highest BCUT2D eigenvalue weighted by Crippen LogP contribution is 2.43. The molecule has 7 rings (SSSR count). The summed E-state index contributed by atoms with van der Waals surface area (Å²) in [4.78, 5) is 0. The number of rotatable bonds is 3. The zero-order valence-corrected chi connectivity index (χ0v) is 19.2. The summed E-state index contributed by atoms with van der Waals surface area (Å²) in [6.45, 7) is 0. The summed E-state index contributed by atoms with van der Waals surface area (Å²) >= 11 is 0. The van der Waals surface area contributed by atoms with Gasteiger partial charge in [-0.2, -0.15) is 0 Å². The molecule has 1 aliphatic rings. The molecule has 0 N–H and O–H groups in total. The number of furan rings is 1. The summed E-state index contributed by atoms with van der Waals surface area (Å²) in [6, 6.07) is 40.5. The van der Waals surface area contributed by atoms with Crippen LogP contribution in [-0.2, 0) is 6.42 Å². The van der Waals surface area contributed by atoms with Gasteiger partial charge in [0.15, 0.2) is 0 Å². The Kier molecular flexibility index (Phi) is 4.57. The number of hydrogen-bond donors (Lipinski definition) is 0. The van der Waals surface area contributed by atoms with Crippen LogP contribution in [0.15, 0.2) is 108 Å². The van der Waals surface area contributed by atoms with Crippen molar-refractivity contribution in [2.75, 3.05) is 0 Å². The second-order valence-electron chi connectivity index (χ2n) is 9.11. The number of hydrogen-bond acceptors (Lipinski definition) is 1. The monoisotopic (exact) mass is 446 g/mol. The Balaban J connectivity index is 1.43. The molecule has 5 aromatic carbocycles. The molecule has 35 heavy (non-hydrogen) atoms. The fourth-order valence-electron chi connectivity index (χ4n) is 5.27. The molecule has 164 valence electrons. The molecule has 0 spiro atoms. The van der Waals surface area contributed by atoms with Gasteiger partial charge in [0.2, 0.25) is 0 Å². The zero-order chi connectivity index (χ0) is 23.2. The van der Waals surface area contributed by atoms with Gasteiger partial charge in [-0.05, 0) is 64.7 Å². The van der Waals surface area contributed by atoms with Crippen LogP contribution < -0.4 is 0 Å². The van der Waals surface area contributed by atoms with Gasteiger partial charge in [-0.15, -0.1) is 0 Å². The first-order chi connectivity index (χ1) is 17.3. The largest absolute Gasteiger partial charge is 0.455 e. The van der Waals surface area contributed by atoms with Crippen LogP contribution in [0.3, 0.4) is 0 Å². The third-order valence-electron chi connectivity index (χ3n) is 6.97. The summed E-state index contributed by atoms with van der Waals surface area (Å²) in [5, 5.41) is 4.98. The molecule has 0 atom stereocenters. The third-order valence-corrected chi connectivity index (χ3v) is 6.97. The number of allylic oxidation sites excluding steroid dienone is 1. The van der Waals surface area contributed by atoms with E-state index in [0.717, 1.165) is 46.6 Å². The molecule has 0 saturated carbocycles. The minimum Gasteiger partial charge on any atom is -0.455 e. The molecule has 1 nitrogen and oxygen atoms in total. The van der Waals surface area contributed by atoms with Crippen molar-refractivity contribution in [3.8, 4) is 33.8 Å². The Labute approximate surface area is 205 Å². The minimum absolute atomic E-state index is 0.944. The lowest BCUT2D eigenvalue weighted by Crippen LogP contribution is -1.94. The van der Waals surface area contributed by atoms with Crippen LogP contribution in [0, 0.1) is 12.1 Å². The van der Waals surface area contributed by atoms with E-state index in [1.54, 1.807) is 0 Å². The van der Waals surface area contributed by atoms with Gasteiger partial charge in [-0.3, -0.25) is 0 Å². The summed E-state index contributed by atoms with van der Waals surface area (Å²) < 4.78 is 6.76. The average molecular weight is 447 g/mol. The molecule has 0 amide bonds. The molecule has 1 heterocycles. The lowest BCUT2D eigenvalue weighted by Gasteiger charge is -2.10. The average Bonchev–Trinajstić information content (AvgIpc) is 3.32. The van der Waals surface area contributed by atoms with E-state index in [-0.39, 0.29) is 0 Å². The Morgan fingerprint density at radius 1 is 0.657 bits per heavy atom. The van der Waals surface area contributed by atoms with Crippen LogP contribution in [0.4, 0.5) is 0 Å². The van der Waals surface area contributed by atoms with Gasteiger partial charge in [0.1, 0.15) is 11.5 Å². The molecular formula is C34H22O. The molecule has 0 saturated heterocycles. The molecule has 1 aliphatic carbocycles. The smallest absolute Gasteiger partial charge is 0.142 e. The summed E-state index contributed by atoms with van der Waals surface area (Å²) in [7, 11) is 0. The second-order valence-corrected chi connectivity index (χ2v) is 9.11. The summed E-state index contributed by atoms with van der Waals surface area (Å²) in [5.74, 6) is 1.91. The normalized spacial score (nSPS) is 12.6. The van der Waals surface area contributed by atoms with Crippen molar-refractivity contribution in [2.45, 2.75) is 12.8 Å². The van der Waals surface area contributed by atoms with E-state index in [4.69, 9.17) is 4.42 Å². The van der Waals surface area contributed by atoms with Crippen molar-refractivity contribution >= 4 is 27.6 Å². The highest BCUT2D eigenvalue weighted by Gasteiger charge is 2.24. The molecule has 0 bridgehead atoms. The Morgan fingerprint density at radius 2 is 1.43 bits per heavy atom. The fraction of sp³-hybridized carbons (Fsp3) is 0.0588. The minimum atomic E-state index is 0.944. The maximum Gasteiger partial charge on any atom is 0.142 e. The third kappa shape index (κ3) is 3.35. The molecule has 0 radical (unpaired) electrons. The van der Waals surface area contributed by atoms with E-state index >= 15 is 0 Å². The molecule has 0 aliphatic heterocycles. The predicted octanol–water partition coefficient (Wildman–Crippen LogP) is 9.15. The maximum atomic E-state index is 6.76. The molecule has 0 unspecified atom stereocenters. The van der Waals surface area contributed by atoms with Crippen LogP contribution in [-0.4, -0.2) is 0 Å². The quantitative estimate of drug-likeness (QED) is 0.247. The molecule has 6 aromatic rings. The van der Waals surface area contributed by atoms with Gasteiger partial charge in [0.25, 0.3) is 0 Å². The lowest BCUT2D eigenvalue weighted by molar-refractivity contribution is 0.594. The van der Waals surface area contributed by atoms with Gasteiger partial charge in [-0.25, -0.2) is 0 Å². The van der Waals surface area contributed by atoms with E-state index in [1.807, 2.05) is 12.1 Å². The second kappa shape index (κ2) is 8.05. The molecule has 1 aromatic heterocycles. The van der Waals surface area contributed by atoms with Crippen molar-refractivity contribution in [1.82, 2.24) is 0 Å². The van der Waals surface area contributed by atoms with Crippen LogP contribution in [0.5, 0.6) is 0 Å². The van der Waals surface area contributed by atoms with Crippen LogP contribution in [0.1, 0.15) is 17.5 Å². The first kappa shape index (κ1) is 19.9. The molecule has 0 fully saturated rings. The van der Waals surface area contributed by atoms with Crippen LogP contribution in [0.2, 0.25) is 0 Å². The zero-order valence-electron chi connectivity index (χ0n) is 19.2. The van der Waals surface area contributed by atoms with Crippen LogP contribution >= 0.6 is 0 Å². The van der Waals surface area contributed by atoms with E-state index in [0.29, 0.717) is 0 Å². The van der Waals surface area contributed by atoms with E-state index in [9.17, 15) is 0 Å². The van der Waals surface area contributed by atoms with E-state index < -0.39 is 0 Å².